The smallest absolute Gasteiger partial charge is 0.292 e. The topological polar surface area (TPSA) is 107 Å². The molecule has 3 N–H and O–H groups in total. The lowest BCUT2D eigenvalue weighted by Crippen LogP contribution is -2.68. The number of carbonyl (C=O) groups is 1. The van der Waals surface area contributed by atoms with Crippen molar-refractivity contribution < 1.29 is 14.5 Å². The fraction of sp³-hybridized carbons (Fsp3) is 0.533. The molecular weight excluding hydrogens is 286 g/mol. The number of hydrogen-bond donors (Lipinski definition) is 2. The summed E-state index contributed by atoms with van der Waals surface area (Å²) in [5.74, 6) is -0.348. The van der Waals surface area contributed by atoms with Crippen LogP contribution in [0.2, 0.25) is 0 Å². The van der Waals surface area contributed by atoms with Crippen LogP contribution in [0.15, 0.2) is 18.2 Å². The molecule has 0 aromatic heterocycles. The number of carbonyl (C=O) groups excluding carboxylic acids is 1. The molecule has 0 radical (unpaired) electrons. The van der Waals surface area contributed by atoms with Crippen molar-refractivity contribution in [3.63, 3.8) is 0 Å². The van der Waals surface area contributed by atoms with Crippen LogP contribution >= 0.6 is 0 Å². The Hall–Kier alpha value is -2.15. The van der Waals surface area contributed by atoms with Crippen molar-refractivity contribution in [3.05, 3.63) is 33.9 Å². The van der Waals surface area contributed by atoms with E-state index in [9.17, 15) is 14.9 Å². The Morgan fingerprint density at radius 1 is 1.45 bits per heavy atom. The van der Waals surface area contributed by atoms with Crippen molar-refractivity contribution >= 4 is 17.3 Å². The molecule has 1 aromatic rings. The summed E-state index contributed by atoms with van der Waals surface area (Å²) in [5, 5.41) is 13.8. The maximum Gasteiger partial charge on any atom is 0.292 e. The summed E-state index contributed by atoms with van der Waals surface area (Å²) >= 11 is 0. The number of nitrogen functional groups attached to an aromatic ring is 1. The average molecular weight is 307 g/mol. The lowest BCUT2D eigenvalue weighted by Gasteiger charge is -2.59. The van der Waals surface area contributed by atoms with Crippen LogP contribution in [0.4, 0.5) is 11.4 Å². The minimum atomic E-state index is -0.596. The fourth-order valence-electron chi connectivity index (χ4n) is 2.81. The van der Waals surface area contributed by atoms with Gasteiger partial charge in [0, 0.05) is 30.2 Å². The van der Waals surface area contributed by atoms with E-state index in [1.807, 2.05) is 20.8 Å². The van der Waals surface area contributed by atoms with Gasteiger partial charge in [0.25, 0.3) is 11.6 Å². The Morgan fingerprint density at radius 2 is 2.09 bits per heavy atom. The van der Waals surface area contributed by atoms with Crippen LogP contribution in [0.5, 0.6) is 0 Å². The monoisotopic (exact) mass is 307 g/mol. The number of nitrogens with zero attached hydrogens (tertiary/aromatic N) is 1. The maximum atomic E-state index is 12.3. The highest BCUT2D eigenvalue weighted by molar-refractivity contribution is 5.96. The van der Waals surface area contributed by atoms with Gasteiger partial charge in [-0.2, -0.15) is 0 Å². The summed E-state index contributed by atoms with van der Waals surface area (Å²) in [6.45, 7) is 6.05. The van der Waals surface area contributed by atoms with Crippen molar-refractivity contribution in [1.29, 1.82) is 0 Å². The Kier molecular flexibility index (Phi) is 3.87. The molecule has 7 heteroatoms. The van der Waals surface area contributed by atoms with Gasteiger partial charge in [-0.15, -0.1) is 0 Å². The molecule has 0 heterocycles. The van der Waals surface area contributed by atoms with E-state index < -0.39 is 4.92 Å². The first-order chi connectivity index (χ1) is 10.1. The van der Waals surface area contributed by atoms with E-state index in [1.54, 1.807) is 7.11 Å². The van der Waals surface area contributed by atoms with Gasteiger partial charge in [0.05, 0.1) is 10.5 Å². The van der Waals surface area contributed by atoms with E-state index in [0.717, 1.165) is 0 Å². The van der Waals surface area contributed by atoms with Gasteiger partial charge in [0.15, 0.2) is 0 Å². The Morgan fingerprint density at radius 3 is 2.59 bits per heavy atom. The molecule has 0 aliphatic heterocycles. The summed E-state index contributed by atoms with van der Waals surface area (Å²) in [5.41, 5.74) is 5.02. The molecule has 22 heavy (non-hydrogen) atoms. The quantitative estimate of drug-likeness (QED) is 0.503. The number of nitrogens with two attached hydrogens (primary N) is 1. The molecule has 1 fully saturated rings. The van der Waals surface area contributed by atoms with Crippen molar-refractivity contribution in [2.75, 3.05) is 12.8 Å². The molecule has 1 amide bonds. The molecule has 1 aliphatic carbocycles. The Balaban J connectivity index is 2.15. The molecule has 1 saturated carbocycles. The highest BCUT2D eigenvalue weighted by Crippen LogP contribution is 2.51. The minimum absolute atomic E-state index is 0.0393. The molecule has 0 spiro atoms. The number of benzene rings is 1. The molecule has 2 unspecified atom stereocenters. The molecule has 120 valence electrons. The van der Waals surface area contributed by atoms with E-state index in [-0.39, 0.29) is 39.9 Å². The number of nitrogens with one attached hydrogen (secondary N) is 1. The molecule has 2 rings (SSSR count). The molecule has 0 saturated heterocycles. The van der Waals surface area contributed by atoms with E-state index in [2.05, 4.69) is 5.32 Å². The second-order valence-corrected chi connectivity index (χ2v) is 6.42. The number of rotatable bonds is 4. The summed E-state index contributed by atoms with van der Waals surface area (Å²) in [4.78, 5) is 22.6. The number of ether oxygens (including phenoxy) is 1. The lowest BCUT2D eigenvalue weighted by molar-refractivity contribution is -0.383. The number of methoxy groups -OCH3 is 1. The summed E-state index contributed by atoms with van der Waals surface area (Å²) < 4.78 is 5.52. The second-order valence-electron chi connectivity index (χ2n) is 6.42. The number of anilines is 1. The zero-order valence-electron chi connectivity index (χ0n) is 13.2. The number of amides is 1. The highest BCUT2D eigenvalue weighted by atomic mass is 16.6. The van der Waals surface area contributed by atoms with E-state index in [1.165, 1.54) is 18.2 Å². The van der Waals surface area contributed by atoms with E-state index in [4.69, 9.17) is 10.5 Å². The third kappa shape index (κ3) is 2.41. The minimum Gasteiger partial charge on any atom is -0.393 e. The standard InChI is InChI=1S/C15H21N3O4/c1-14(2)12(8-15(14,3)22-4)17-13(19)9-5-6-10(16)11(7-9)18(20)21/h5-7,12H,8,16H2,1-4H3,(H,17,19). The molecule has 7 nitrogen and oxygen atoms in total. The number of nitro benzene ring substituents is 1. The second kappa shape index (κ2) is 5.24. The summed E-state index contributed by atoms with van der Waals surface area (Å²) in [6, 6.07) is 4.00. The van der Waals surface area contributed by atoms with E-state index >= 15 is 0 Å². The van der Waals surface area contributed by atoms with Crippen LogP contribution in [-0.2, 0) is 4.74 Å². The van der Waals surface area contributed by atoms with Gasteiger partial charge in [-0.1, -0.05) is 13.8 Å². The zero-order chi connectivity index (χ0) is 16.7. The van der Waals surface area contributed by atoms with Crippen molar-refractivity contribution in [3.8, 4) is 0 Å². The van der Waals surface area contributed by atoms with Crippen LogP contribution in [0.25, 0.3) is 0 Å². The SMILES string of the molecule is COC1(C)CC(NC(=O)c2ccc(N)c([N+](=O)[O-])c2)C1(C)C. The first-order valence-electron chi connectivity index (χ1n) is 7.02. The van der Waals surface area contributed by atoms with Crippen molar-refractivity contribution in [2.24, 2.45) is 5.41 Å². The lowest BCUT2D eigenvalue weighted by atomic mass is 9.56. The third-order valence-corrected chi connectivity index (χ3v) is 5.07. The number of hydrogen-bond acceptors (Lipinski definition) is 5. The van der Waals surface area contributed by atoms with Gasteiger partial charge in [-0.05, 0) is 25.5 Å². The molecular formula is C15H21N3O4. The summed E-state index contributed by atoms with van der Waals surface area (Å²) in [6.07, 6.45) is 0.694. The highest BCUT2D eigenvalue weighted by Gasteiger charge is 2.58. The molecule has 2 atom stereocenters. The first-order valence-corrected chi connectivity index (χ1v) is 7.02. The van der Waals surface area contributed by atoms with Crippen LogP contribution < -0.4 is 11.1 Å². The van der Waals surface area contributed by atoms with Gasteiger partial charge in [0.2, 0.25) is 0 Å². The largest absolute Gasteiger partial charge is 0.393 e. The van der Waals surface area contributed by atoms with Gasteiger partial charge in [-0.25, -0.2) is 0 Å². The van der Waals surface area contributed by atoms with Crippen LogP contribution in [0.3, 0.4) is 0 Å². The average Bonchev–Trinajstić information content (AvgIpc) is 2.46. The molecule has 0 bridgehead atoms. The fourth-order valence-corrected chi connectivity index (χ4v) is 2.81. The van der Waals surface area contributed by atoms with Crippen molar-refractivity contribution in [2.45, 2.75) is 38.8 Å². The Labute approximate surface area is 129 Å². The van der Waals surface area contributed by atoms with Gasteiger partial charge in [0.1, 0.15) is 5.69 Å². The predicted octanol–water partition coefficient (Wildman–Crippen LogP) is 2.11. The zero-order valence-corrected chi connectivity index (χ0v) is 13.2. The van der Waals surface area contributed by atoms with E-state index in [0.29, 0.717) is 6.42 Å². The van der Waals surface area contributed by atoms with Crippen LogP contribution in [0, 0.1) is 15.5 Å². The molecule has 1 aromatic carbocycles. The third-order valence-electron chi connectivity index (χ3n) is 5.07. The van der Waals surface area contributed by atoms with Crippen LogP contribution in [0.1, 0.15) is 37.6 Å². The molecule has 1 aliphatic rings. The number of nitro groups is 1. The van der Waals surface area contributed by atoms with Crippen LogP contribution in [-0.4, -0.2) is 29.6 Å². The predicted molar refractivity (Wildman–Crippen MR) is 82.6 cm³/mol. The van der Waals surface area contributed by atoms with Gasteiger partial charge < -0.3 is 15.8 Å². The first kappa shape index (κ1) is 16.2. The Bertz CT molecular complexity index is 629. The normalized spacial score (nSPS) is 26.1. The summed E-state index contributed by atoms with van der Waals surface area (Å²) in [7, 11) is 1.66. The van der Waals surface area contributed by atoms with Crippen molar-refractivity contribution in [1.82, 2.24) is 5.32 Å². The maximum absolute atomic E-state index is 12.3. The van der Waals surface area contributed by atoms with Gasteiger partial charge >= 0.3 is 0 Å². The van der Waals surface area contributed by atoms with Gasteiger partial charge in [-0.3, -0.25) is 14.9 Å².